The summed E-state index contributed by atoms with van der Waals surface area (Å²) in [5.41, 5.74) is -0.666. The van der Waals surface area contributed by atoms with Crippen molar-refractivity contribution in [1.82, 2.24) is 0 Å². The molecule has 0 aromatic rings. The van der Waals surface area contributed by atoms with Gasteiger partial charge in [-0.15, -0.1) is 6.42 Å². The van der Waals surface area contributed by atoms with Crippen molar-refractivity contribution in [2.24, 2.45) is 5.92 Å². The van der Waals surface area contributed by atoms with Crippen LogP contribution in [0.2, 0.25) is 0 Å². The Morgan fingerprint density at radius 2 is 2.43 bits per heavy atom. The van der Waals surface area contributed by atoms with E-state index in [1.807, 2.05) is 6.92 Å². The molecule has 1 saturated carbocycles. The van der Waals surface area contributed by atoms with E-state index >= 15 is 0 Å². The Balaban J connectivity index is 2.80. The van der Waals surface area contributed by atoms with Gasteiger partial charge in [0.2, 0.25) is 5.78 Å². The largest absolute Gasteiger partial charge is 0.366 e. The summed E-state index contributed by atoms with van der Waals surface area (Å²) in [7, 11) is 0. The van der Waals surface area contributed by atoms with Gasteiger partial charge < -0.3 is 4.74 Å². The molecule has 0 heterocycles. The maximum atomic E-state index is 11.7. The van der Waals surface area contributed by atoms with Crippen LogP contribution in [0.3, 0.4) is 0 Å². The van der Waals surface area contributed by atoms with Gasteiger partial charge in [0.25, 0.3) is 0 Å². The fraction of sp³-hybridized carbons (Fsp3) is 0.750. The first kappa shape index (κ1) is 11.3. The van der Waals surface area contributed by atoms with Gasteiger partial charge in [-0.3, -0.25) is 4.79 Å². The number of ether oxygens (including phenoxy) is 1. The lowest BCUT2D eigenvalue weighted by molar-refractivity contribution is -0.144. The third-order valence-corrected chi connectivity index (χ3v) is 2.92. The number of carbonyl (C=O) groups excluding carboxylic acids is 1. The van der Waals surface area contributed by atoms with Crippen molar-refractivity contribution in [2.45, 2.75) is 45.1 Å². The van der Waals surface area contributed by atoms with Crippen molar-refractivity contribution in [3.63, 3.8) is 0 Å². The number of carbonyl (C=O) groups is 1. The van der Waals surface area contributed by atoms with Crippen molar-refractivity contribution in [3.05, 3.63) is 0 Å². The quantitative estimate of drug-likeness (QED) is 0.508. The third-order valence-electron chi connectivity index (χ3n) is 2.92. The normalized spacial score (nSPS) is 32.2. The van der Waals surface area contributed by atoms with Gasteiger partial charge in [-0.25, -0.2) is 0 Å². The SMILES string of the molecule is C#CC(=O)C1(OCC)CCCC(C)C1. The Morgan fingerprint density at radius 1 is 1.71 bits per heavy atom. The predicted octanol–water partition coefficient (Wildman–Crippen LogP) is 2.17. The Kier molecular flexibility index (Phi) is 3.71. The molecule has 78 valence electrons. The van der Waals surface area contributed by atoms with E-state index in [9.17, 15) is 4.79 Å². The molecule has 14 heavy (non-hydrogen) atoms. The predicted molar refractivity (Wildman–Crippen MR) is 55.8 cm³/mol. The molecule has 0 aliphatic heterocycles. The second-order valence-electron chi connectivity index (χ2n) is 4.10. The van der Waals surface area contributed by atoms with E-state index < -0.39 is 5.60 Å². The summed E-state index contributed by atoms with van der Waals surface area (Å²) in [6.07, 6.45) is 8.96. The van der Waals surface area contributed by atoms with Crippen LogP contribution in [0.1, 0.15) is 39.5 Å². The molecule has 2 heteroatoms. The maximum absolute atomic E-state index is 11.7. The van der Waals surface area contributed by atoms with E-state index in [1.54, 1.807) is 0 Å². The average Bonchev–Trinajstić information content (AvgIpc) is 2.17. The standard InChI is InChI=1S/C12H18O2/c1-4-11(13)12(14-5-2)8-6-7-10(3)9-12/h1,10H,5-9H2,2-3H3. The van der Waals surface area contributed by atoms with Gasteiger partial charge in [-0.05, 0) is 38.0 Å². The molecule has 1 aliphatic carbocycles. The Labute approximate surface area is 86.0 Å². The topological polar surface area (TPSA) is 26.3 Å². The molecule has 0 amide bonds. The van der Waals surface area contributed by atoms with Gasteiger partial charge in [0, 0.05) is 6.61 Å². The van der Waals surface area contributed by atoms with Gasteiger partial charge in [0.15, 0.2) is 0 Å². The van der Waals surface area contributed by atoms with E-state index in [0.29, 0.717) is 12.5 Å². The molecule has 1 fully saturated rings. The van der Waals surface area contributed by atoms with Gasteiger partial charge in [0.05, 0.1) is 0 Å². The van der Waals surface area contributed by atoms with Crippen LogP contribution in [0.4, 0.5) is 0 Å². The fourth-order valence-corrected chi connectivity index (χ4v) is 2.31. The van der Waals surface area contributed by atoms with Crippen molar-refractivity contribution in [2.75, 3.05) is 6.61 Å². The monoisotopic (exact) mass is 194 g/mol. The number of ketones is 1. The van der Waals surface area contributed by atoms with E-state index in [4.69, 9.17) is 11.2 Å². The molecule has 2 atom stereocenters. The molecule has 2 nitrogen and oxygen atoms in total. The smallest absolute Gasteiger partial charge is 0.236 e. The molecule has 1 aliphatic rings. The van der Waals surface area contributed by atoms with Crippen LogP contribution >= 0.6 is 0 Å². The Morgan fingerprint density at radius 3 is 2.93 bits per heavy atom. The van der Waals surface area contributed by atoms with Gasteiger partial charge in [-0.1, -0.05) is 13.3 Å². The zero-order chi connectivity index (χ0) is 10.6. The zero-order valence-corrected chi connectivity index (χ0v) is 9.01. The summed E-state index contributed by atoms with van der Waals surface area (Å²) in [5, 5.41) is 0. The summed E-state index contributed by atoms with van der Waals surface area (Å²) in [5.74, 6) is 2.58. The summed E-state index contributed by atoms with van der Waals surface area (Å²) >= 11 is 0. The first-order valence-electron chi connectivity index (χ1n) is 5.29. The molecule has 0 spiro atoms. The lowest BCUT2D eigenvalue weighted by atomic mass is 9.76. The second-order valence-corrected chi connectivity index (χ2v) is 4.10. The van der Waals surface area contributed by atoms with Crippen LogP contribution in [-0.4, -0.2) is 18.0 Å². The number of Topliss-reactive ketones (excluding diaryl/α,β-unsaturated/α-hetero) is 1. The lowest BCUT2D eigenvalue weighted by Crippen LogP contribution is -2.44. The summed E-state index contributed by atoms with van der Waals surface area (Å²) in [4.78, 5) is 11.7. The minimum absolute atomic E-state index is 0.175. The molecule has 2 unspecified atom stereocenters. The van der Waals surface area contributed by atoms with E-state index in [2.05, 4.69) is 12.8 Å². The summed E-state index contributed by atoms with van der Waals surface area (Å²) < 4.78 is 5.60. The van der Waals surface area contributed by atoms with Crippen LogP contribution < -0.4 is 0 Å². The van der Waals surface area contributed by atoms with Crippen LogP contribution in [0, 0.1) is 18.3 Å². The number of terminal acetylenes is 1. The summed E-state index contributed by atoms with van der Waals surface area (Å²) in [6.45, 7) is 4.61. The number of hydrogen-bond acceptors (Lipinski definition) is 2. The van der Waals surface area contributed by atoms with Gasteiger partial charge in [-0.2, -0.15) is 0 Å². The highest BCUT2D eigenvalue weighted by atomic mass is 16.5. The molecule has 0 bridgehead atoms. The van der Waals surface area contributed by atoms with E-state index in [-0.39, 0.29) is 5.78 Å². The second kappa shape index (κ2) is 4.61. The summed E-state index contributed by atoms with van der Waals surface area (Å²) in [6, 6.07) is 0. The zero-order valence-electron chi connectivity index (χ0n) is 9.01. The van der Waals surface area contributed by atoms with Crippen LogP contribution in [0.15, 0.2) is 0 Å². The molecule has 0 saturated heterocycles. The lowest BCUT2D eigenvalue weighted by Gasteiger charge is -2.36. The van der Waals surface area contributed by atoms with Crippen LogP contribution in [0.5, 0.6) is 0 Å². The molecule has 0 radical (unpaired) electrons. The van der Waals surface area contributed by atoms with Gasteiger partial charge >= 0.3 is 0 Å². The van der Waals surface area contributed by atoms with Gasteiger partial charge in [0.1, 0.15) is 5.60 Å². The highest BCUT2D eigenvalue weighted by Gasteiger charge is 2.41. The molecule has 0 N–H and O–H groups in total. The van der Waals surface area contributed by atoms with Crippen molar-refractivity contribution >= 4 is 5.78 Å². The average molecular weight is 194 g/mol. The van der Waals surface area contributed by atoms with Crippen molar-refractivity contribution in [3.8, 4) is 12.3 Å². The van der Waals surface area contributed by atoms with Crippen molar-refractivity contribution < 1.29 is 9.53 Å². The first-order valence-corrected chi connectivity index (χ1v) is 5.29. The molecular formula is C12H18O2. The molecule has 1 rings (SSSR count). The highest BCUT2D eigenvalue weighted by molar-refractivity contribution is 6.01. The first-order chi connectivity index (χ1) is 6.64. The molecule has 0 aromatic carbocycles. The van der Waals surface area contributed by atoms with Crippen molar-refractivity contribution in [1.29, 1.82) is 0 Å². The number of hydrogen-bond donors (Lipinski definition) is 0. The fourth-order valence-electron chi connectivity index (χ4n) is 2.31. The van der Waals surface area contributed by atoms with Crippen LogP contribution in [-0.2, 0) is 9.53 Å². The van der Waals surface area contributed by atoms with E-state index in [0.717, 1.165) is 19.3 Å². The molecular weight excluding hydrogens is 176 g/mol. The third kappa shape index (κ3) is 2.16. The van der Waals surface area contributed by atoms with Crippen LogP contribution in [0.25, 0.3) is 0 Å². The molecule has 0 aromatic heterocycles. The Hall–Kier alpha value is -0.810. The minimum Gasteiger partial charge on any atom is -0.366 e. The highest BCUT2D eigenvalue weighted by Crippen LogP contribution is 2.35. The Bertz CT molecular complexity index is 248. The number of rotatable bonds is 3. The maximum Gasteiger partial charge on any atom is 0.236 e. The van der Waals surface area contributed by atoms with E-state index in [1.165, 1.54) is 6.42 Å². The minimum atomic E-state index is -0.666.